The van der Waals surface area contributed by atoms with Crippen LogP contribution >= 0.6 is 0 Å². The van der Waals surface area contributed by atoms with Crippen molar-refractivity contribution in [3.8, 4) is 0 Å². The molecule has 34 heavy (non-hydrogen) atoms. The van der Waals surface area contributed by atoms with Gasteiger partial charge in [-0.15, -0.1) is 0 Å². The molecule has 2 aromatic rings. The van der Waals surface area contributed by atoms with Crippen LogP contribution in [0.3, 0.4) is 0 Å². The number of nitrogens with one attached hydrogen (secondary N) is 1. The summed E-state index contributed by atoms with van der Waals surface area (Å²) in [6.07, 6.45) is 9.85. The van der Waals surface area contributed by atoms with E-state index in [-0.39, 0.29) is 6.04 Å². The van der Waals surface area contributed by atoms with E-state index in [0.717, 1.165) is 73.5 Å². The molecule has 4 heterocycles. The SMILES string of the molecule is C=C/C(=C\N(C)C1CCN(C(C)C)CC1)c1cnc(N)c2nc(CC)c(NC3CCOC3)nc12. The Kier molecular flexibility index (Phi) is 7.68. The minimum Gasteiger partial charge on any atom is -0.382 e. The molecule has 0 radical (unpaired) electrons. The van der Waals surface area contributed by atoms with Crippen LogP contribution in [-0.4, -0.2) is 76.2 Å². The van der Waals surface area contributed by atoms with Crippen molar-refractivity contribution in [2.45, 2.75) is 64.6 Å². The number of hydrogen-bond acceptors (Lipinski definition) is 8. The number of hydrogen-bond donors (Lipinski definition) is 2. The lowest BCUT2D eigenvalue weighted by molar-refractivity contribution is 0.129. The molecule has 8 nitrogen and oxygen atoms in total. The highest BCUT2D eigenvalue weighted by Gasteiger charge is 2.24. The lowest BCUT2D eigenvalue weighted by atomic mass is 10.0. The smallest absolute Gasteiger partial charge is 0.151 e. The van der Waals surface area contributed by atoms with Crippen molar-refractivity contribution in [2.75, 3.05) is 44.4 Å². The highest BCUT2D eigenvalue weighted by molar-refractivity contribution is 5.96. The quantitative estimate of drug-likeness (QED) is 0.570. The minimum absolute atomic E-state index is 0.247. The van der Waals surface area contributed by atoms with Crippen LogP contribution in [0.1, 0.15) is 51.3 Å². The van der Waals surface area contributed by atoms with Gasteiger partial charge in [-0.3, -0.25) is 0 Å². The van der Waals surface area contributed by atoms with Crippen LogP contribution in [-0.2, 0) is 11.2 Å². The minimum atomic E-state index is 0.247. The van der Waals surface area contributed by atoms with E-state index >= 15 is 0 Å². The van der Waals surface area contributed by atoms with E-state index in [9.17, 15) is 0 Å². The molecule has 3 N–H and O–H groups in total. The van der Waals surface area contributed by atoms with Crippen molar-refractivity contribution in [2.24, 2.45) is 0 Å². The maximum absolute atomic E-state index is 6.25. The number of nitrogens with zero attached hydrogens (tertiary/aromatic N) is 5. The molecule has 2 fully saturated rings. The van der Waals surface area contributed by atoms with Crippen LogP contribution in [0.2, 0.25) is 0 Å². The number of likely N-dealkylation sites (tertiary alicyclic amines) is 1. The molecule has 2 aliphatic heterocycles. The van der Waals surface area contributed by atoms with Gasteiger partial charge in [0.2, 0.25) is 0 Å². The Balaban J connectivity index is 1.67. The molecule has 2 aliphatic rings. The third-order valence-electron chi connectivity index (χ3n) is 7.08. The van der Waals surface area contributed by atoms with Crippen molar-refractivity contribution in [3.05, 3.63) is 36.3 Å². The van der Waals surface area contributed by atoms with Gasteiger partial charge >= 0.3 is 0 Å². The Morgan fingerprint density at radius 3 is 2.68 bits per heavy atom. The first-order valence-corrected chi connectivity index (χ1v) is 12.5. The predicted molar refractivity (Wildman–Crippen MR) is 140 cm³/mol. The zero-order valence-electron chi connectivity index (χ0n) is 21.0. The van der Waals surface area contributed by atoms with Crippen molar-refractivity contribution in [3.63, 3.8) is 0 Å². The standard InChI is InChI=1S/C26H39N7O/c1-6-18(15-32(5)20-8-11-33(12-9-20)17(3)4)21-14-28-25(27)24-23(21)31-26(22(7-2)30-24)29-19-10-13-34-16-19/h6,14-15,17,19-20H,1,7-13,16H2,2-5H3,(H2,27,28)(H,29,31)/b18-15+. The Bertz CT molecular complexity index is 1040. The van der Waals surface area contributed by atoms with Crippen molar-refractivity contribution in [1.29, 1.82) is 0 Å². The van der Waals surface area contributed by atoms with Crippen LogP contribution in [0.25, 0.3) is 16.6 Å². The molecule has 0 saturated carbocycles. The van der Waals surface area contributed by atoms with Gasteiger partial charge in [0.25, 0.3) is 0 Å². The van der Waals surface area contributed by atoms with Gasteiger partial charge < -0.3 is 25.6 Å². The lowest BCUT2D eigenvalue weighted by Gasteiger charge is -2.38. The summed E-state index contributed by atoms with van der Waals surface area (Å²) in [5, 5.41) is 3.54. The van der Waals surface area contributed by atoms with Gasteiger partial charge in [0.05, 0.1) is 18.3 Å². The van der Waals surface area contributed by atoms with Gasteiger partial charge in [-0.2, -0.15) is 0 Å². The molecule has 0 spiro atoms. The number of allylic oxidation sites excluding steroid dienone is 2. The Morgan fingerprint density at radius 1 is 1.29 bits per heavy atom. The van der Waals surface area contributed by atoms with Crippen molar-refractivity contribution >= 4 is 28.2 Å². The summed E-state index contributed by atoms with van der Waals surface area (Å²) in [4.78, 5) is 19.2. The average molecular weight is 466 g/mol. The summed E-state index contributed by atoms with van der Waals surface area (Å²) in [5.74, 6) is 1.20. The fourth-order valence-corrected chi connectivity index (χ4v) is 4.87. The van der Waals surface area contributed by atoms with E-state index in [4.69, 9.17) is 20.4 Å². The first-order valence-electron chi connectivity index (χ1n) is 12.5. The number of aromatic nitrogens is 3. The second kappa shape index (κ2) is 10.7. The van der Waals surface area contributed by atoms with Crippen LogP contribution < -0.4 is 11.1 Å². The van der Waals surface area contributed by atoms with Crippen molar-refractivity contribution < 1.29 is 4.74 Å². The van der Waals surface area contributed by atoms with Gasteiger partial charge in [0.15, 0.2) is 5.82 Å². The molecular formula is C26H39N7O. The largest absolute Gasteiger partial charge is 0.382 e. The number of fused-ring (bicyclic) bond motifs is 1. The molecule has 0 aliphatic carbocycles. The number of ether oxygens (including phenoxy) is 1. The van der Waals surface area contributed by atoms with Crippen LogP contribution in [0.4, 0.5) is 11.6 Å². The Labute approximate surface area is 203 Å². The Hall–Kier alpha value is -2.71. The van der Waals surface area contributed by atoms with E-state index in [1.807, 2.05) is 6.08 Å². The summed E-state index contributed by atoms with van der Waals surface area (Å²) in [6, 6.07) is 1.34. The molecule has 184 valence electrons. The number of anilines is 2. The topological polar surface area (TPSA) is 92.4 Å². The summed E-state index contributed by atoms with van der Waals surface area (Å²) in [5.41, 5.74) is 10.4. The number of nitrogen functional groups attached to an aromatic ring is 1. The van der Waals surface area contributed by atoms with E-state index in [1.54, 1.807) is 6.20 Å². The lowest BCUT2D eigenvalue weighted by Crippen LogP contribution is -2.44. The van der Waals surface area contributed by atoms with E-state index in [0.29, 0.717) is 30.0 Å². The molecule has 2 saturated heterocycles. The Morgan fingerprint density at radius 2 is 2.06 bits per heavy atom. The normalized spacial score (nSPS) is 20.3. The fourth-order valence-electron chi connectivity index (χ4n) is 4.87. The number of pyridine rings is 1. The average Bonchev–Trinajstić information content (AvgIpc) is 3.36. The fraction of sp³-hybridized carbons (Fsp3) is 0.577. The number of piperidine rings is 1. The van der Waals surface area contributed by atoms with Crippen LogP contribution in [0.5, 0.6) is 0 Å². The van der Waals surface area contributed by atoms with Gasteiger partial charge in [0.1, 0.15) is 16.9 Å². The third-order valence-corrected chi connectivity index (χ3v) is 7.08. The van der Waals surface area contributed by atoms with Crippen LogP contribution in [0.15, 0.2) is 25.1 Å². The summed E-state index contributed by atoms with van der Waals surface area (Å²) in [7, 11) is 2.15. The maximum atomic E-state index is 6.25. The van der Waals surface area contributed by atoms with Gasteiger partial charge in [-0.05, 0) is 39.5 Å². The summed E-state index contributed by atoms with van der Waals surface area (Å²) >= 11 is 0. The molecule has 1 atom stereocenters. The molecule has 8 heteroatoms. The van der Waals surface area contributed by atoms with E-state index < -0.39 is 0 Å². The predicted octanol–water partition coefficient (Wildman–Crippen LogP) is 3.70. The second-order valence-electron chi connectivity index (χ2n) is 9.65. The van der Waals surface area contributed by atoms with Crippen molar-refractivity contribution in [1.82, 2.24) is 24.8 Å². The van der Waals surface area contributed by atoms with E-state index in [1.165, 1.54) is 0 Å². The first kappa shape index (κ1) is 24.4. The van der Waals surface area contributed by atoms with E-state index in [2.05, 4.69) is 60.7 Å². The number of aryl methyl sites for hydroxylation is 1. The number of rotatable bonds is 8. The van der Waals surface area contributed by atoms with Gasteiger partial charge in [-0.25, -0.2) is 15.0 Å². The van der Waals surface area contributed by atoms with Crippen LogP contribution in [0, 0.1) is 0 Å². The molecule has 0 aromatic carbocycles. The molecule has 1 unspecified atom stereocenters. The molecule has 4 rings (SSSR count). The number of nitrogens with two attached hydrogens (primary N) is 1. The zero-order valence-corrected chi connectivity index (χ0v) is 21.0. The van der Waals surface area contributed by atoms with Gasteiger partial charge in [0, 0.05) is 62.4 Å². The molecule has 2 aromatic heterocycles. The zero-order chi connectivity index (χ0) is 24.2. The highest BCUT2D eigenvalue weighted by Crippen LogP contribution is 2.30. The monoisotopic (exact) mass is 465 g/mol. The van der Waals surface area contributed by atoms with Gasteiger partial charge in [-0.1, -0.05) is 19.6 Å². The second-order valence-corrected chi connectivity index (χ2v) is 9.65. The highest BCUT2D eigenvalue weighted by atomic mass is 16.5. The first-order chi connectivity index (χ1) is 16.4. The summed E-state index contributed by atoms with van der Waals surface area (Å²) < 4.78 is 5.54. The summed E-state index contributed by atoms with van der Waals surface area (Å²) in [6.45, 7) is 14.4. The maximum Gasteiger partial charge on any atom is 0.151 e. The third kappa shape index (κ3) is 5.18. The molecule has 0 bridgehead atoms. The molecular weight excluding hydrogens is 426 g/mol. The molecule has 0 amide bonds.